The van der Waals surface area contributed by atoms with Crippen molar-refractivity contribution in [1.82, 2.24) is 0 Å². The molecular weight excluding hydrogens is 412 g/mol. The van der Waals surface area contributed by atoms with Crippen molar-refractivity contribution >= 4 is 0 Å². The summed E-state index contributed by atoms with van der Waals surface area (Å²) in [6.07, 6.45) is 14.0. The molecule has 0 bridgehead atoms. The van der Waals surface area contributed by atoms with Gasteiger partial charge in [0.1, 0.15) is 0 Å². The highest BCUT2D eigenvalue weighted by atomic mass is 16.3. The Morgan fingerprint density at radius 1 is 0.529 bits per heavy atom. The van der Waals surface area contributed by atoms with Crippen LogP contribution in [-0.2, 0) is 5.41 Å². The fourth-order valence-corrected chi connectivity index (χ4v) is 5.35. The van der Waals surface area contributed by atoms with Crippen molar-refractivity contribution in [3.8, 4) is 0 Å². The summed E-state index contributed by atoms with van der Waals surface area (Å²) in [6, 6.07) is 33.0. The molecule has 0 spiro atoms. The second-order valence-electron chi connectivity index (χ2n) is 9.81. The normalized spacial score (nSPS) is 12.5. The van der Waals surface area contributed by atoms with Crippen LogP contribution >= 0.6 is 0 Å². The van der Waals surface area contributed by atoms with Gasteiger partial charge in [-0.3, -0.25) is 0 Å². The first-order valence-electron chi connectivity index (χ1n) is 13.6. The summed E-state index contributed by atoms with van der Waals surface area (Å²) in [5.41, 5.74) is 3.92. The summed E-state index contributed by atoms with van der Waals surface area (Å²) < 4.78 is 0. The van der Waals surface area contributed by atoms with E-state index in [9.17, 15) is 5.11 Å². The van der Waals surface area contributed by atoms with Crippen molar-refractivity contribution in [3.63, 3.8) is 0 Å². The van der Waals surface area contributed by atoms with E-state index in [0.717, 1.165) is 38.5 Å². The molecule has 0 amide bonds. The summed E-state index contributed by atoms with van der Waals surface area (Å²) in [4.78, 5) is 0. The van der Waals surface area contributed by atoms with Gasteiger partial charge in [-0.1, -0.05) is 156 Å². The first kappa shape index (κ1) is 26.2. The van der Waals surface area contributed by atoms with Crippen LogP contribution in [0.3, 0.4) is 0 Å². The Kier molecular flexibility index (Phi) is 11.4. The van der Waals surface area contributed by atoms with Crippen LogP contribution in [0.15, 0.2) is 91.0 Å². The van der Waals surface area contributed by atoms with E-state index in [2.05, 4.69) is 97.9 Å². The van der Waals surface area contributed by atoms with Crippen molar-refractivity contribution in [1.29, 1.82) is 0 Å². The molecule has 0 fully saturated rings. The van der Waals surface area contributed by atoms with E-state index >= 15 is 0 Å². The van der Waals surface area contributed by atoms with Crippen LogP contribution in [0.5, 0.6) is 0 Å². The van der Waals surface area contributed by atoms with Gasteiger partial charge in [0.25, 0.3) is 0 Å². The summed E-state index contributed by atoms with van der Waals surface area (Å²) in [5.74, 6) is 0. The Balaban J connectivity index is 1.61. The maximum atomic E-state index is 10.4. The molecule has 3 rings (SSSR count). The lowest BCUT2D eigenvalue weighted by molar-refractivity contribution is 0.147. The van der Waals surface area contributed by atoms with Gasteiger partial charge >= 0.3 is 0 Å². The zero-order valence-corrected chi connectivity index (χ0v) is 21.2. The Morgan fingerprint density at radius 2 is 0.912 bits per heavy atom. The summed E-state index contributed by atoms with van der Waals surface area (Å²) in [6.45, 7) is 2.26. The van der Waals surface area contributed by atoms with Crippen molar-refractivity contribution in [2.75, 3.05) is 0 Å². The molecule has 1 heteroatoms. The molecule has 3 aromatic rings. The second kappa shape index (κ2) is 14.8. The third-order valence-electron chi connectivity index (χ3n) is 7.28. The van der Waals surface area contributed by atoms with Crippen molar-refractivity contribution in [2.24, 2.45) is 0 Å². The van der Waals surface area contributed by atoms with E-state index in [1.807, 2.05) is 0 Å². The van der Waals surface area contributed by atoms with Crippen LogP contribution < -0.4 is 0 Å². The maximum absolute atomic E-state index is 10.4. The Labute approximate surface area is 208 Å². The van der Waals surface area contributed by atoms with Crippen LogP contribution in [0.2, 0.25) is 0 Å². The molecule has 1 N–H and O–H groups in total. The molecule has 182 valence electrons. The quantitative estimate of drug-likeness (QED) is 0.168. The maximum Gasteiger partial charge on any atom is 0.0540 e. The highest BCUT2D eigenvalue weighted by Gasteiger charge is 2.35. The fourth-order valence-electron chi connectivity index (χ4n) is 5.35. The van der Waals surface area contributed by atoms with Crippen LogP contribution in [0, 0.1) is 0 Å². The molecule has 0 aliphatic rings. The highest BCUT2D eigenvalue weighted by molar-refractivity contribution is 5.50. The van der Waals surface area contributed by atoms with Gasteiger partial charge in [0.05, 0.1) is 6.10 Å². The van der Waals surface area contributed by atoms with Gasteiger partial charge in [-0.15, -0.1) is 0 Å². The van der Waals surface area contributed by atoms with Gasteiger partial charge in [0.2, 0.25) is 0 Å². The first-order chi connectivity index (χ1) is 16.8. The highest BCUT2D eigenvalue weighted by Crippen LogP contribution is 2.43. The zero-order valence-electron chi connectivity index (χ0n) is 21.2. The molecule has 0 aliphatic carbocycles. The molecule has 0 aromatic heterocycles. The lowest BCUT2D eigenvalue weighted by atomic mass is 9.66. The molecule has 1 nitrogen and oxygen atoms in total. The van der Waals surface area contributed by atoms with Crippen LogP contribution in [0.25, 0.3) is 0 Å². The Morgan fingerprint density at radius 3 is 1.35 bits per heavy atom. The molecule has 0 saturated heterocycles. The van der Waals surface area contributed by atoms with Crippen molar-refractivity contribution < 1.29 is 5.11 Å². The zero-order chi connectivity index (χ0) is 23.9. The van der Waals surface area contributed by atoms with Crippen LogP contribution in [0.4, 0.5) is 0 Å². The van der Waals surface area contributed by atoms with Crippen molar-refractivity contribution in [3.05, 3.63) is 108 Å². The van der Waals surface area contributed by atoms with E-state index in [1.54, 1.807) is 0 Å². The Bertz CT molecular complexity index is 791. The lowest BCUT2D eigenvalue weighted by Crippen LogP contribution is -2.29. The van der Waals surface area contributed by atoms with E-state index in [0.29, 0.717) is 0 Å². The van der Waals surface area contributed by atoms with Crippen LogP contribution in [-0.4, -0.2) is 11.2 Å². The number of aliphatic hydroxyl groups excluding tert-OH is 1. The molecule has 0 aliphatic heterocycles. The van der Waals surface area contributed by atoms with Gasteiger partial charge in [-0.2, -0.15) is 0 Å². The number of hydrogen-bond donors (Lipinski definition) is 1. The molecule has 3 aromatic carbocycles. The van der Waals surface area contributed by atoms with Gasteiger partial charge in [0, 0.05) is 5.41 Å². The first-order valence-corrected chi connectivity index (χ1v) is 13.6. The second-order valence-corrected chi connectivity index (χ2v) is 9.81. The molecular formula is C33H44O. The third-order valence-corrected chi connectivity index (χ3v) is 7.28. The van der Waals surface area contributed by atoms with Gasteiger partial charge in [0.15, 0.2) is 0 Å². The number of hydrogen-bond acceptors (Lipinski definition) is 1. The summed E-state index contributed by atoms with van der Waals surface area (Å²) >= 11 is 0. The number of aliphatic hydroxyl groups is 1. The number of rotatable bonds is 16. The molecule has 1 atom stereocenters. The minimum atomic E-state index is -0.152. The van der Waals surface area contributed by atoms with Gasteiger partial charge < -0.3 is 5.11 Å². The van der Waals surface area contributed by atoms with Gasteiger partial charge in [-0.25, -0.2) is 0 Å². The lowest BCUT2D eigenvalue weighted by Gasteiger charge is -2.36. The minimum absolute atomic E-state index is 0.131. The third kappa shape index (κ3) is 7.57. The topological polar surface area (TPSA) is 20.2 Å². The van der Waals surface area contributed by atoms with Crippen molar-refractivity contribution in [2.45, 2.75) is 95.5 Å². The summed E-state index contributed by atoms with van der Waals surface area (Å²) in [7, 11) is 0. The average Bonchev–Trinajstić information content (AvgIpc) is 2.90. The minimum Gasteiger partial charge on any atom is -0.393 e. The Hall–Kier alpha value is -2.38. The SMILES string of the molecule is CCCCCCCCC(O)CCCCCC(c1ccccc1)(c1ccccc1)c1ccccc1. The predicted octanol–water partition coefficient (Wildman–Crippen LogP) is 9.08. The molecule has 0 saturated carbocycles. The number of unbranched alkanes of at least 4 members (excludes halogenated alkanes) is 7. The average molecular weight is 457 g/mol. The fraction of sp³-hybridized carbons (Fsp3) is 0.455. The van der Waals surface area contributed by atoms with E-state index in [4.69, 9.17) is 0 Å². The van der Waals surface area contributed by atoms with Gasteiger partial charge in [-0.05, 0) is 36.0 Å². The van der Waals surface area contributed by atoms with E-state index in [-0.39, 0.29) is 11.5 Å². The van der Waals surface area contributed by atoms with Crippen LogP contribution in [0.1, 0.15) is 101 Å². The smallest absolute Gasteiger partial charge is 0.0540 e. The molecule has 0 radical (unpaired) electrons. The monoisotopic (exact) mass is 456 g/mol. The molecule has 0 heterocycles. The molecule has 34 heavy (non-hydrogen) atoms. The van der Waals surface area contributed by atoms with E-state index in [1.165, 1.54) is 55.2 Å². The largest absolute Gasteiger partial charge is 0.393 e. The summed E-state index contributed by atoms with van der Waals surface area (Å²) in [5, 5.41) is 10.4. The number of benzene rings is 3. The predicted molar refractivity (Wildman–Crippen MR) is 146 cm³/mol. The standard InChI is InChI=1S/C33H44O/c1-2-3-4-5-6-17-26-32(34)27-18-10-19-28-33(29-20-11-7-12-21-29,30-22-13-8-14-23-30)31-24-15-9-16-25-31/h7-9,11-16,20-25,32,34H,2-6,10,17-19,26-28H2,1H3. The molecule has 1 unspecified atom stereocenters. The van der Waals surface area contributed by atoms with E-state index < -0.39 is 0 Å².